The fourth-order valence-electron chi connectivity index (χ4n) is 5.60. The zero-order valence-corrected chi connectivity index (χ0v) is 23.7. The van der Waals surface area contributed by atoms with E-state index in [2.05, 4.69) is 12.1 Å². The number of aryl methyl sites for hydroxylation is 3. The number of ketones is 1. The molecule has 0 amide bonds. The number of benzene rings is 3. The van der Waals surface area contributed by atoms with Crippen molar-refractivity contribution in [3.05, 3.63) is 115 Å². The third-order valence-electron chi connectivity index (χ3n) is 7.58. The summed E-state index contributed by atoms with van der Waals surface area (Å²) >= 11 is 12.7. The van der Waals surface area contributed by atoms with Crippen LogP contribution >= 0.6 is 23.2 Å². The number of hydrogen-bond acceptors (Lipinski definition) is 5. The first kappa shape index (κ1) is 26.9. The minimum atomic E-state index is -0.562. The molecule has 0 spiro atoms. The van der Waals surface area contributed by atoms with Crippen LogP contribution in [0.15, 0.2) is 77.3 Å². The molecule has 3 aromatic rings. The highest BCUT2D eigenvalue weighted by Crippen LogP contribution is 2.48. The maximum absolute atomic E-state index is 13.6. The SMILES string of the molecule is Cc1cc(C)c(C2C(C#N)=C(N)N(c3cc(Cl)ccc3C)C3=C2C(=O)CCC3)cc1COc1ccccc1Cl. The van der Waals surface area contributed by atoms with Crippen LogP contribution in [0.1, 0.15) is 53.0 Å². The number of anilines is 1. The van der Waals surface area contributed by atoms with Crippen LogP contribution in [0.5, 0.6) is 5.75 Å². The molecule has 0 bridgehead atoms. The fraction of sp³-hybridized carbons (Fsp3) is 0.250. The Morgan fingerprint density at radius 3 is 2.54 bits per heavy atom. The first-order valence-electron chi connectivity index (χ1n) is 12.9. The molecule has 0 saturated heterocycles. The van der Waals surface area contributed by atoms with Gasteiger partial charge in [0.15, 0.2) is 5.78 Å². The number of nitriles is 1. The van der Waals surface area contributed by atoms with Crippen molar-refractivity contribution in [2.45, 2.75) is 52.6 Å². The Bertz CT molecular complexity index is 1600. The third kappa shape index (κ3) is 4.91. The van der Waals surface area contributed by atoms with Gasteiger partial charge >= 0.3 is 0 Å². The van der Waals surface area contributed by atoms with Gasteiger partial charge < -0.3 is 10.5 Å². The van der Waals surface area contributed by atoms with Gasteiger partial charge in [0.05, 0.1) is 28.3 Å². The zero-order valence-electron chi connectivity index (χ0n) is 22.1. The van der Waals surface area contributed by atoms with Crippen LogP contribution in [-0.2, 0) is 11.4 Å². The van der Waals surface area contributed by atoms with E-state index in [1.54, 1.807) is 6.07 Å². The number of para-hydroxylation sites is 1. The van der Waals surface area contributed by atoms with E-state index in [0.717, 1.165) is 45.6 Å². The van der Waals surface area contributed by atoms with Crippen LogP contribution < -0.4 is 15.4 Å². The van der Waals surface area contributed by atoms with Gasteiger partial charge in [-0.2, -0.15) is 5.26 Å². The van der Waals surface area contributed by atoms with Gasteiger partial charge in [-0.25, -0.2) is 0 Å². The average Bonchev–Trinajstić information content (AvgIpc) is 2.90. The van der Waals surface area contributed by atoms with E-state index in [-0.39, 0.29) is 5.78 Å². The summed E-state index contributed by atoms with van der Waals surface area (Å²) in [5.41, 5.74) is 14.2. The van der Waals surface area contributed by atoms with Gasteiger partial charge in [-0.3, -0.25) is 9.69 Å². The molecule has 39 heavy (non-hydrogen) atoms. The van der Waals surface area contributed by atoms with E-state index in [4.69, 9.17) is 33.7 Å². The van der Waals surface area contributed by atoms with Crippen molar-refractivity contribution in [3.8, 4) is 11.8 Å². The number of Topliss-reactive ketones (excluding diaryl/α,β-unsaturated/α-hetero) is 1. The molecule has 5 rings (SSSR count). The monoisotopic (exact) mass is 557 g/mol. The molecule has 1 heterocycles. The summed E-state index contributed by atoms with van der Waals surface area (Å²) in [6.07, 6.45) is 1.83. The molecule has 2 aliphatic rings. The number of ether oxygens (including phenoxy) is 1. The first-order chi connectivity index (χ1) is 18.7. The third-order valence-corrected chi connectivity index (χ3v) is 8.13. The summed E-state index contributed by atoms with van der Waals surface area (Å²) in [5, 5.41) is 11.5. The van der Waals surface area contributed by atoms with E-state index >= 15 is 0 Å². The highest BCUT2D eigenvalue weighted by molar-refractivity contribution is 6.32. The van der Waals surface area contributed by atoms with E-state index in [0.29, 0.717) is 52.2 Å². The highest BCUT2D eigenvalue weighted by Gasteiger charge is 2.41. The zero-order chi connectivity index (χ0) is 27.8. The van der Waals surface area contributed by atoms with Crippen molar-refractivity contribution in [3.63, 3.8) is 0 Å². The van der Waals surface area contributed by atoms with Crippen LogP contribution in [0.4, 0.5) is 5.69 Å². The average molecular weight is 559 g/mol. The van der Waals surface area contributed by atoms with Gasteiger partial charge in [-0.1, -0.05) is 53.5 Å². The summed E-state index contributed by atoms with van der Waals surface area (Å²) in [6, 6.07) is 19.4. The molecule has 7 heteroatoms. The second kappa shape index (κ2) is 10.8. The van der Waals surface area contributed by atoms with Crippen molar-refractivity contribution >= 4 is 34.7 Å². The number of halogens is 2. The minimum absolute atomic E-state index is 0.0417. The molecule has 3 aromatic carbocycles. The summed E-state index contributed by atoms with van der Waals surface area (Å²) in [6.45, 7) is 6.30. The summed E-state index contributed by atoms with van der Waals surface area (Å²) < 4.78 is 6.05. The molecule has 1 aliphatic heterocycles. The topological polar surface area (TPSA) is 79.4 Å². The van der Waals surface area contributed by atoms with Crippen LogP contribution in [0, 0.1) is 32.1 Å². The number of nitrogens with zero attached hydrogens (tertiary/aromatic N) is 2. The number of carbonyl (C=O) groups excluding carboxylic acids is 1. The number of carbonyl (C=O) groups is 1. The molecule has 2 N–H and O–H groups in total. The number of rotatable bonds is 5. The van der Waals surface area contributed by atoms with Crippen LogP contribution in [0.25, 0.3) is 0 Å². The smallest absolute Gasteiger partial charge is 0.161 e. The Labute approximate surface area is 239 Å². The molecule has 1 unspecified atom stereocenters. The maximum Gasteiger partial charge on any atom is 0.161 e. The molecule has 0 aromatic heterocycles. The summed E-state index contributed by atoms with van der Waals surface area (Å²) in [4.78, 5) is 15.5. The summed E-state index contributed by atoms with van der Waals surface area (Å²) in [7, 11) is 0. The molecular weight excluding hydrogens is 529 g/mol. The van der Waals surface area contributed by atoms with Crippen molar-refractivity contribution in [2.24, 2.45) is 5.73 Å². The van der Waals surface area contributed by atoms with E-state index in [1.165, 1.54) is 0 Å². The Kier molecular flexibility index (Phi) is 7.44. The molecule has 0 saturated carbocycles. The molecule has 198 valence electrons. The van der Waals surface area contributed by atoms with Gasteiger partial charge in [0, 0.05) is 22.7 Å². The van der Waals surface area contributed by atoms with Crippen molar-refractivity contribution in [1.29, 1.82) is 5.26 Å². The molecule has 0 radical (unpaired) electrons. The second-order valence-corrected chi connectivity index (χ2v) is 10.9. The Morgan fingerprint density at radius 1 is 1.03 bits per heavy atom. The number of allylic oxidation sites excluding steroid dienone is 3. The standard InChI is InChI=1S/C32H29Cl2N3O2/c1-18-11-12-22(33)15-27(18)37-26-8-6-9-28(38)31(26)30(24(16-35)32(37)36)23-14-21(19(2)13-20(23)3)17-39-29-10-5-4-7-25(29)34/h4-5,7,10-15,30H,6,8-9,17,36H2,1-3H3. The normalized spacial score (nSPS) is 17.3. The van der Waals surface area contributed by atoms with E-state index < -0.39 is 5.92 Å². The van der Waals surface area contributed by atoms with Gasteiger partial charge in [-0.15, -0.1) is 0 Å². The van der Waals surface area contributed by atoms with E-state index in [1.807, 2.05) is 68.1 Å². The largest absolute Gasteiger partial charge is 0.487 e. The predicted molar refractivity (Wildman–Crippen MR) is 156 cm³/mol. The predicted octanol–water partition coefficient (Wildman–Crippen LogP) is 7.80. The second-order valence-electron chi connectivity index (χ2n) is 10.1. The molecule has 1 aliphatic carbocycles. The fourth-order valence-corrected chi connectivity index (χ4v) is 5.95. The lowest BCUT2D eigenvalue weighted by molar-refractivity contribution is -0.116. The quantitative estimate of drug-likeness (QED) is 0.346. The maximum atomic E-state index is 13.6. The molecule has 5 nitrogen and oxygen atoms in total. The number of nitrogens with two attached hydrogens (primary N) is 1. The lowest BCUT2D eigenvalue weighted by Gasteiger charge is -2.40. The summed E-state index contributed by atoms with van der Waals surface area (Å²) in [5.74, 6) is 0.406. The van der Waals surface area contributed by atoms with Crippen molar-refractivity contribution in [1.82, 2.24) is 0 Å². The van der Waals surface area contributed by atoms with Gasteiger partial charge in [0.1, 0.15) is 18.2 Å². The Morgan fingerprint density at radius 2 is 1.79 bits per heavy atom. The molecule has 0 fully saturated rings. The van der Waals surface area contributed by atoms with Gasteiger partial charge in [-0.05, 0) is 85.7 Å². The highest BCUT2D eigenvalue weighted by atomic mass is 35.5. The molecule has 1 atom stereocenters. The molecular formula is C32H29Cl2N3O2. The van der Waals surface area contributed by atoms with E-state index in [9.17, 15) is 10.1 Å². The lowest BCUT2D eigenvalue weighted by atomic mass is 9.74. The minimum Gasteiger partial charge on any atom is -0.487 e. The Hall–Kier alpha value is -3.72. The van der Waals surface area contributed by atoms with Crippen LogP contribution in [-0.4, -0.2) is 5.78 Å². The van der Waals surface area contributed by atoms with Crippen LogP contribution in [0.3, 0.4) is 0 Å². The van der Waals surface area contributed by atoms with Crippen LogP contribution in [0.2, 0.25) is 10.0 Å². The lowest BCUT2D eigenvalue weighted by Crippen LogP contribution is -2.39. The van der Waals surface area contributed by atoms with Crippen molar-refractivity contribution < 1.29 is 9.53 Å². The van der Waals surface area contributed by atoms with Gasteiger partial charge in [0.25, 0.3) is 0 Å². The van der Waals surface area contributed by atoms with Crippen molar-refractivity contribution in [2.75, 3.05) is 4.90 Å². The Balaban J connectivity index is 1.65. The number of hydrogen-bond donors (Lipinski definition) is 1. The first-order valence-corrected chi connectivity index (χ1v) is 13.7. The van der Waals surface area contributed by atoms with Gasteiger partial charge in [0.2, 0.25) is 0 Å².